The van der Waals surface area contributed by atoms with Crippen LogP contribution in [0.2, 0.25) is 5.02 Å². The zero-order valence-electron chi connectivity index (χ0n) is 24.3. The largest absolute Gasteiger partial charge is 0.508 e. The van der Waals surface area contributed by atoms with Crippen molar-refractivity contribution in [2.24, 2.45) is 24.6 Å². The van der Waals surface area contributed by atoms with Gasteiger partial charge in [0, 0.05) is 54.3 Å². The lowest BCUT2D eigenvalue weighted by atomic mass is 10.0. The van der Waals surface area contributed by atoms with Gasteiger partial charge in [-0.05, 0) is 85.5 Å². The topological polar surface area (TPSA) is 98.5 Å². The number of aromatic nitrogens is 3. The number of carbonyl (C=O) groups excluding carboxylic acids is 1. The van der Waals surface area contributed by atoms with Crippen molar-refractivity contribution in [2.45, 2.75) is 44.3 Å². The van der Waals surface area contributed by atoms with Crippen molar-refractivity contribution in [3.63, 3.8) is 0 Å². The first-order valence-corrected chi connectivity index (χ1v) is 15.4. The Bertz CT molecular complexity index is 1940. The van der Waals surface area contributed by atoms with E-state index >= 15 is 0 Å². The number of piperidine rings is 1. The monoisotopic (exact) mass is 595 g/mol. The quantitative estimate of drug-likeness (QED) is 0.243. The highest BCUT2D eigenvalue weighted by molar-refractivity contribution is 6.33. The number of nitrogens with two attached hydrogens (primary N) is 1. The Hall–Kier alpha value is -4.01. The van der Waals surface area contributed by atoms with Crippen LogP contribution in [-0.4, -0.2) is 55.8 Å². The number of phenolic OH excluding ortho intramolecular Hbond substituents is 1. The van der Waals surface area contributed by atoms with Gasteiger partial charge in [-0.3, -0.25) is 4.79 Å². The molecule has 43 heavy (non-hydrogen) atoms. The summed E-state index contributed by atoms with van der Waals surface area (Å²) in [7, 11) is 3.65. The van der Waals surface area contributed by atoms with Crippen LogP contribution in [0.15, 0.2) is 54.6 Å². The van der Waals surface area contributed by atoms with Crippen molar-refractivity contribution in [1.82, 2.24) is 19.0 Å². The number of likely N-dealkylation sites (tertiary alicyclic amines) is 1. The Morgan fingerprint density at radius 1 is 1.09 bits per heavy atom. The third kappa shape index (κ3) is 4.22. The van der Waals surface area contributed by atoms with Gasteiger partial charge in [-0.25, -0.2) is 4.98 Å². The molecule has 1 amide bonds. The number of hydrogen-bond acceptors (Lipinski definition) is 5. The third-order valence-electron chi connectivity index (χ3n) is 9.85. The van der Waals surface area contributed by atoms with Crippen molar-refractivity contribution in [1.29, 1.82) is 0 Å². The maximum Gasteiger partial charge on any atom is 0.254 e. The number of halogens is 1. The summed E-state index contributed by atoms with van der Waals surface area (Å²) < 4.78 is 10.3. The summed E-state index contributed by atoms with van der Waals surface area (Å²) in [6.07, 6.45) is 4.50. The van der Waals surface area contributed by atoms with Gasteiger partial charge >= 0.3 is 0 Å². The molecule has 2 saturated carbocycles. The number of ether oxygens (including phenoxy) is 1. The van der Waals surface area contributed by atoms with Crippen LogP contribution in [0.25, 0.3) is 44.6 Å². The first-order valence-electron chi connectivity index (χ1n) is 15.0. The Labute approximate surface area is 254 Å². The fourth-order valence-corrected chi connectivity index (χ4v) is 7.65. The molecule has 3 aliphatic rings. The van der Waals surface area contributed by atoms with E-state index in [-0.39, 0.29) is 23.7 Å². The number of amides is 1. The molecule has 3 heterocycles. The first kappa shape index (κ1) is 26.6. The predicted molar refractivity (Wildman–Crippen MR) is 169 cm³/mol. The van der Waals surface area contributed by atoms with Gasteiger partial charge in [0.15, 0.2) is 5.82 Å². The van der Waals surface area contributed by atoms with Crippen LogP contribution < -0.4 is 10.5 Å². The summed E-state index contributed by atoms with van der Waals surface area (Å²) in [5.41, 5.74) is 12.6. The van der Waals surface area contributed by atoms with E-state index in [4.69, 9.17) is 27.1 Å². The van der Waals surface area contributed by atoms with Gasteiger partial charge in [-0.2, -0.15) is 0 Å². The number of imidazole rings is 1. The molecule has 0 radical (unpaired) electrons. The van der Waals surface area contributed by atoms with Gasteiger partial charge in [-0.15, -0.1) is 0 Å². The zero-order chi connectivity index (χ0) is 29.6. The fraction of sp³-hybridized carbons (Fsp3) is 0.353. The molecule has 3 atom stereocenters. The molecule has 3 N–H and O–H groups in total. The Kier molecular flexibility index (Phi) is 6.04. The minimum atomic E-state index is -0.00155. The molecule has 2 bridgehead atoms. The van der Waals surface area contributed by atoms with Crippen LogP contribution in [0.3, 0.4) is 0 Å². The summed E-state index contributed by atoms with van der Waals surface area (Å²) in [6.45, 7) is 1.62. The van der Waals surface area contributed by atoms with Crippen LogP contribution in [0, 0.1) is 11.8 Å². The predicted octanol–water partition coefficient (Wildman–Crippen LogP) is 6.20. The second-order valence-corrected chi connectivity index (χ2v) is 12.9. The van der Waals surface area contributed by atoms with E-state index < -0.39 is 0 Å². The van der Waals surface area contributed by atoms with Crippen LogP contribution in [0.4, 0.5) is 0 Å². The number of fused-ring (bicyclic) bond motifs is 4. The molecule has 1 saturated heterocycles. The van der Waals surface area contributed by atoms with Crippen LogP contribution >= 0.6 is 11.6 Å². The molecular weight excluding hydrogens is 562 g/mol. The number of phenols is 1. The SMILES string of the molecule is COc1cc(C(=O)N2CC3CCC2[C@@H]3N)cc2nc(-c3cc4ccc(-c5ccc(O)cc5Cl)cc4n3CC3CC3)n(C)c12. The lowest BCUT2D eigenvalue weighted by Crippen LogP contribution is -2.41. The minimum Gasteiger partial charge on any atom is -0.508 e. The zero-order valence-corrected chi connectivity index (χ0v) is 25.0. The summed E-state index contributed by atoms with van der Waals surface area (Å²) in [4.78, 5) is 20.8. The number of hydrogen-bond donors (Lipinski definition) is 2. The molecule has 8 rings (SSSR count). The van der Waals surface area contributed by atoms with Gasteiger partial charge in [0.1, 0.15) is 17.0 Å². The van der Waals surface area contributed by atoms with E-state index in [0.29, 0.717) is 28.2 Å². The van der Waals surface area contributed by atoms with Gasteiger partial charge in [-0.1, -0.05) is 23.7 Å². The molecule has 5 aromatic rings. The van der Waals surface area contributed by atoms with Gasteiger partial charge < -0.3 is 29.6 Å². The van der Waals surface area contributed by atoms with Crippen molar-refractivity contribution < 1.29 is 14.6 Å². The van der Waals surface area contributed by atoms with Crippen molar-refractivity contribution in [2.75, 3.05) is 13.7 Å². The van der Waals surface area contributed by atoms with E-state index in [0.717, 1.165) is 70.5 Å². The number of rotatable bonds is 6. The highest BCUT2D eigenvalue weighted by Gasteiger charge is 2.47. The molecule has 3 aromatic carbocycles. The number of carbonyl (C=O) groups is 1. The molecule has 0 spiro atoms. The van der Waals surface area contributed by atoms with E-state index in [1.807, 2.05) is 30.1 Å². The van der Waals surface area contributed by atoms with E-state index in [2.05, 4.69) is 33.4 Å². The molecule has 9 heteroatoms. The minimum absolute atomic E-state index is 0.00155. The van der Waals surface area contributed by atoms with Crippen molar-refractivity contribution in [3.8, 4) is 34.1 Å². The molecule has 8 nitrogen and oxygen atoms in total. The molecule has 1 aliphatic heterocycles. The summed E-state index contributed by atoms with van der Waals surface area (Å²) >= 11 is 6.52. The standard InChI is InChI=1S/C34H34ClN5O3/c1-38-32-26(11-22(14-30(32)43-2)34(42)40-17-21-7-10-27(40)31(21)36)37-33(38)29-13-20-6-5-19(24-9-8-23(41)15-25(24)35)12-28(20)39(29)16-18-3-4-18/h5-6,8-9,11-15,18,21,27,31,41H,3-4,7,10,16-17,36H2,1-2H3/t21?,27?,31-/m1/s1. The van der Waals surface area contributed by atoms with Crippen LogP contribution in [-0.2, 0) is 13.6 Å². The number of aryl methyl sites for hydroxylation is 1. The smallest absolute Gasteiger partial charge is 0.254 e. The third-order valence-corrected chi connectivity index (χ3v) is 10.2. The average Bonchev–Trinajstić information content (AvgIpc) is 3.41. The number of aromatic hydroxyl groups is 1. The number of benzene rings is 3. The summed E-state index contributed by atoms with van der Waals surface area (Å²) in [5.74, 6) is 2.61. The molecule has 220 valence electrons. The van der Waals surface area contributed by atoms with E-state index in [9.17, 15) is 9.90 Å². The lowest BCUT2D eigenvalue weighted by Gasteiger charge is -2.27. The Morgan fingerprint density at radius 2 is 1.93 bits per heavy atom. The van der Waals surface area contributed by atoms with Crippen LogP contribution in [0.1, 0.15) is 36.0 Å². The van der Waals surface area contributed by atoms with Crippen LogP contribution in [0.5, 0.6) is 11.5 Å². The van der Waals surface area contributed by atoms with Gasteiger partial charge in [0.2, 0.25) is 0 Å². The highest BCUT2D eigenvalue weighted by atomic mass is 35.5. The molecule has 2 aromatic heterocycles. The second-order valence-electron chi connectivity index (χ2n) is 12.5. The van der Waals surface area contributed by atoms with Crippen molar-refractivity contribution in [3.05, 3.63) is 65.2 Å². The lowest BCUT2D eigenvalue weighted by molar-refractivity contribution is 0.0700. The Balaban J connectivity index is 1.25. The molecular formula is C34H34ClN5O3. The fourth-order valence-electron chi connectivity index (χ4n) is 7.37. The normalized spacial score (nSPS) is 21.4. The number of nitrogens with zero attached hydrogens (tertiary/aromatic N) is 4. The molecule has 2 unspecified atom stereocenters. The second kappa shape index (κ2) is 9.76. The Morgan fingerprint density at radius 3 is 2.63 bits per heavy atom. The average molecular weight is 596 g/mol. The van der Waals surface area contributed by atoms with Gasteiger partial charge in [0.05, 0.1) is 23.3 Å². The maximum atomic E-state index is 13.7. The number of methoxy groups -OCH3 is 1. The maximum absolute atomic E-state index is 13.7. The molecule has 3 fully saturated rings. The van der Waals surface area contributed by atoms with Gasteiger partial charge in [0.25, 0.3) is 5.91 Å². The van der Waals surface area contributed by atoms with E-state index in [1.165, 1.54) is 12.8 Å². The molecule has 2 aliphatic carbocycles. The summed E-state index contributed by atoms with van der Waals surface area (Å²) in [5, 5.41) is 11.5. The first-order chi connectivity index (χ1) is 20.8. The van der Waals surface area contributed by atoms with Crippen molar-refractivity contribution >= 4 is 39.4 Å². The highest BCUT2D eigenvalue weighted by Crippen LogP contribution is 2.41. The summed E-state index contributed by atoms with van der Waals surface area (Å²) in [6, 6.07) is 17.6. The van der Waals surface area contributed by atoms with E-state index in [1.54, 1.807) is 19.2 Å².